The van der Waals surface area contributed by atoms with E-state index >= 15 is 0 Å². The Morgan fingerprint density at radius 2 is 0.900 bits per heavy atom. The fourth-order valence-corrected chi connectivity index (χ4v) is 43.9. The van der Waals surface area contributed by atoms with Gasteiger partial charge in [-0.3, -0.25) is 0 Å². The Balaban J connectivity index is 3.73. The topological polar surface area (TPSA) is 73.8 Å². The Kier molecular flexibility index (Phi) is 22.4. The molecule has 1 rings (SSSR count). The van der Waals surface area contributed by atoms with E-state index in [4.69, 9.17) is 32.9 Å². The first-order valence-corrected chi connectivity index (χ1v) is 47.7. The Labute approximate surface area is 326 Å². The lowest BCUT2D eigenvalue weighted by Crippen LogP contribution is -2.68. The summed E-state index contributed by atoms with van der Waals surface area (Å²) >= 11 is 0. The van der Waals surface area contributed by atoms with Gasteiger partial charge in [0.2, 0.25) is 19.5 Å². The van der Waals surface area contributed by atoms with Gasteiger partial charge in [-0.15, -0.1) is 0 Å². The molecule has 0 unspecified atom stereocenters. The van der Waals surface area contributed by atoms with Crippen molar-refractivity contribution in [1.29, 1.82) is 0 Å². The van der Waals surface area contributed by atoms with Gasteiger partial charge >= 0.3 is 17.6 Å². The molecule has 0 amide bonds. The summed E-state index contributed by atoms with van der Waals surface area (Å²) in [6.07, 6.45) is 1.89. The summed E-state index contributed by atoms with van der Waals surface area (Å²) in [7, 11) is -18.7. The minimum atomic E-state index is -3.46. The molecular formula is C30H72O8Si12. The number of hydrogen-bond donors (Lipinski definition) is 0. The molecule has 0 spiro atoms. The van der Waals surface area contributed by atoms with Crippen LogP contribution < -0.4 is 5.19 Å². The summed E-state index contributed by atoms with van der Waals surface area (Å²) in [4.78, 5) is 0. The van der Waals surface area contributed by atoms with Crippen molar-refractivity contribution in [2.24, 2.45) is 0 Å². The Morgan fingerprint density at radius 3 is 1.22 bits per heavy atom. The van der Waals surface area contributed by atoms with Crippen molar-refractivity contribution in [1.82, 2.24) is 0 Å². The Hall–Kier alpha value is 1.24. The fraction of sp³-hybridized carbons (Fsp3) is 0.733. The second kappa shape index (κ2) is 22.7. The molecule has 8 nitrogen and oxygen atoms in total. The van der Waals surface area contributed by atoms with E-state index in [1.165, 1.54) is 0 Å². The van der Waals surface area contributed by atoms with Crippen LogP contribution in [0.5, 0.6) is 0 Å². The summed E-state index contributed by atoms with van der Waals surface area (Å²) in [6.45, 7) is 40.4. The molecule has 1 aromatic rings. The van der Waals surface area contributed by atoms with Crippen LogP contribution in [0.1, 0.15) is 5.56 Å². The highest BCUT2D eigenvalue weighted by Crippen LogP contribution is 2.33. The molecule has 0 aliphatic heterocycles. The molecule has 0 saturated carbocycles. The molecule has 0 aliphatic rings. The summed E-state index contributed by atoms with van der Waals surface area (Å²) in [6, 6.07) is 14.3. The molecule has 0 heterocycles. The lowest BCUT2D eigenvalue weighted by molar-refractivity contribution is 0.259. The van der Waals surface area contributed by atoms with Crippen LogP contribution in [-0.2, 0) is 32.9 Å². The minimum Gasteiger partial charge on any atom is -0.459 e. The first kappa shape index (κ1) is 49.3. The van der Waals surface area contributed by atoms with Crippen molar-refractivity contribution in [3.63, 3.8) is 0 Å². The van der Waals surface area contributed by atoms with Gasteiger partial charge in [-0.05, 0) is 141 Å². The van der Waals surface area contributed by atoms with Crippen molar-refractivity contribution < 1.29 is 32.9 Å². The zero-order chi connectivity index (χ0) is 38.4. The molecule has 1 aromatic carbocycles. The smallest absolute Gasteiger partial charge is 0.459 e. The molecule has 0 N–H and O–H groups in total. The van der Waals surface area contributed by atoms with Crippen LogP contribution in [-0.4, -0.2) is 107 Å². The quantitative estimate of drug-likeness (QED) is 0.0682. The van der Waals surface area contributed by atoms with E-state index in [1.807, 2.05) is 6.08 Å². The standard InChI is InChI=1S/C30H72O8Si12/c1-18-29-19-21-30(22-20-29)50(36-46(12,13)25-23-39-31-41(2)3,37-47(14,15)26-24-40-32-42(4)5)38-48(16,17)27-28-49(33-43(6)7,34-44(8)9)35-45(10)11/h18-22,41-45H,1,23-28H2,2-17H3. The molecular weight excluding hydrogens is 825 g/mol. The molecule has 0 atom stereocenters. The second-order valence-corrected chi connectivity index (χ2v) is 51.1. The first-order chi connectivity index (χ1) is 22.9. The highest BCUT2D eigenvalue weighted by atomic mass is 28.5. The van der Waals surface area contributed by atoms with Gasteiger partial charge in [0.15, 0.2) is 70.2 Å². The lowest BCUT2D eigenvalue weighted by atomic mass is 10.2. The third-order valence-electron chi connectivity index (χ3n) is 7.31. The molecule has 0 aliphatic carbocycles. The maximum atomic E-state index is 7.68. The van der Waals surface area contributed by atoms with Gasteiger partial charge in [-0.2, -0.15) is 0 Å². The summed E-state index contributed by atoms with van der Waals surface area (Å²) in [5, 5.41) is 1.05. The van der Waals surface area contributed by atoms with Gasteiger partial charge < -0.3 is 32.9 Å². The number of benzene rings is 1. The number of rotatable bonds is 27. The predicted octanol–water partition coefficient (Wildman–Crippen LogP) is 7.15. The van der Waals surface area contributed by atoms with Crippen molar-refractivity contribution >= 4 is 119 Å². The van der Waals surface area contributed by atoms with Crippen LogP contribution in [0, 0.1) is 0 Å². The summed E-state index contributed by atoms with van der Waals surface area (Å²) in [5.74, 6) is 0. The van der Waals surface area contributed by atoms with E-state index in [0.717, 1.165) is 47.0 Å². The molecule has 4 radical (unpaired) electrons. The van der Waals surface area contributed by atoms with E-state index in [9.17, 15) is 0 Å². The summed E-state index contributed by atoms with van der Waals surface area (Å²) in [5.41, 5.74) is 1.07. The average molecular weight is 898 g/mol. The number of hydrogen-bond acceptors (Lipinski definition) is 8. The van der Waals surface area contributed by atoms with E-state index in [0.29, 0.717) is 19.5 Å². The first-order valence-electron chi connectivity index (χ1n) is 18.6. The Morgan fingerprint density at radius 1 is 0.540 bits per heavy atom. The van der Waals surface area contributed by atoms with E-state index < -0.39 is 87.8 Å². The molecule has 288 valence electrons. The van der Waals surface area contributed by atoms with Gasteiger partial charge in [0.05, 0.1) is 0 Å². The van der Waals surface area contributed by atoms with E-state index in [2.05, 4.69) is 136 Å². The van der Waals surface area contributed by atoms with Crippen LogP contribution in [0.25, 0.3) is 6.08 Å². The molecule has 0 bridgehead atoms. The van der Waals surface area contributed by atoms with Crippen molar-refractivity contribution in [3.8, 4) is 0 Å². The fourth-order valence-electron chi connectivity index (χ4n) is 5.25. The van der Waals surface area contributed by atoms with Gasteiger partial charge in [0.25, 0.3) is 0 Å². The largest absolute Gasteiger partial charge is 0.505 e. The van der Waals surface area contributed by atoms with Crippen molar-refractivity contribution in [3.05, 3.63) is 36.4 Å². The zero-order valence-electron chi connectivity index (χ0n) is 34.5. The van der Waals surface area contributed by atoms with E-state index in [1.54, 1.807) is 0 Å². The maximum Gasteiger partial charge on any atom is 0.505 e. The summed E-state index contributed by atoms with van der Waals surface area (Å²) < 4.78 is 55.5. The predicted molar refractivity (Wildman–Crippen MR) is 244 cm³/mol. The molecule has 0 saturated heterocycles. The molecule has 0 fully saturated rings. The van der Waals surface area contributed by atoms with Crippen LogP contribution in [0.2, 0.25) is 141 Å². The van der Waals surface area contributed by atoms with E-state index in [-0.39, 0.29) is 0 Å². The molecule has 20 heteroatoms. The van der Waals surface area contributed by atoms with Crippen LogP contribution in [0.15, 0.2) is 30.8 Å². The molecule has 0 aromatic heterocycles. The minimum absolute atomic E-state index is 0.520. The lowest BCUT2D eigenvalue weighted by Gasteiger charge is -2.45. The third kappa shape index (κ3) is 20.2. The third-order valence-corrected chi connectivity index (χ3v) is 40.9. The highest BCUT2D eigenvalue weighted by molar-refractivity contribution is 6.96. The SMILES string of the molecule is C=Cc1ccc([Si](O[Si](C)(C)CC[Si]O[SiH](C)C)(O[Si](C)(C)CC[Si]O[SiH](C)C)O[Si](C)(C)CC[Si](O[SiH](C)C)(O[SiH](C)C)O[SiH](C)C)cc1. The highest BCUT2D eigenvalue weighted by Gasteiger charge is 2.55. The molecule has 50 heavy (non-hydrogen) atoms. The Bertz CT molecular complexity index is 1050. The van der Waals surface area contributed by atoms with Crippen LogP contribution in [0.4, 0.5) is 0 Å². The zero-order valence-corrected chi connectivity index (χ0v) is 47.3. The van der Waals surface area contributed by atoms with Gasteiger partial charge in [-0.25, -0.2) is 0 Å². The maximum absolute atomic E-state index is 7.68. The van der Waals surface area contributed by atoms with Crippen LogP contribution in [0.3, 0.4) is 0 Å². The normalized spacial score (nSPS) is 13.9. The van der Waals surface area contributed by atoms with Gasteiger partial charge in [0, 0.05) is 11.2 Å². The van der Waals surface area contributed by atoms with Crippen LogP contribution >= 0.6 is 0 Å². The van der Waals surface area contributed by atoms with Crippen molar-refractivity contribution in [2.75, 3.05) is 0 Å². The van der Waals surface area contributed by atoms with Crippen molar-refractivity contribution in [2.45, 2.75) is 141 Å². The average Bonchev–Trinajstić information content (AvgIpc) is 2.94. The van der Waals surface area contributed by atoms with Gasteiger partial charge in [0.1, 0.15) is 0 Å². The second-order valence-electron chi connectivity index (χ2n) is 16.3. The monoisotopic (exact) mass is 896 g/mol. The van der Waals surface area contributed by atoms with Gasteiger partial charge in [-0.1, -0.05) is 36.9 Å².